The molecular formula is C26H24N2O5. The summed E-state index contributed by atoms with van der Waals surface area (Å²) in [4.78, 5) is 53.9. The Labute approximate surface area is 191 Å². The van der Waals surface area contributed by atoms with Crippen LogP contribution in [0.2, 0.25) is 0 Å². The number of aryl methyl sites for hydroxylation is 1. The lowest BCUT2D eigenvalue weighted by Crippen LogP contribution is -2.31. The van der Waals surface area contributed by atoms with Gasteiger partial charge in [0.2, 0.25) is 17.7 Å². The Bertz CT molecular complexity index is 1160. The van der Waals surface area contributed by atoms with Gasteiger partial charge in [-0.3, -0.25) is 19.2 Å². The second-order valence-electron chi connectivity index (χ2n) is 8.78. The number of allylic oxidation sites excluding steroid dienone is 2. The average molecular weight is 444 g/mol. The van der Waals surface area contributed by atoms with Crippen molar-refractivity contribution in [1.29, 1.82) is 0 Å². The molecule has 7 heteroatoms. The van der Waals surface area contributed by atoms with E-state index in [9.17, 15) is 19.2 Å². The Morgan fingerprint density at radius 1 is 0.939 bits per heavy atom. The van der Waals surface area contributed by atoms with E-state index >= 15 is 0 Å². The zero-order chi connectivity index (χ0) is 23.1. The van der Waals surface area contributed by atoms with Gasteiger partial charge in [-0.2, -0.15) is 0 Å². The maximum Gasteiger partial charge on any atom is 0.316 e. The van der Waals surface area contributed by atoms with Crippen LogP contribution in [0.4, 0.5) is 11.4 Å². The number of imide groups is 1. The third-order valence-corrected chi connectivity index (χ3v) is 6.67. The van der Waals surface area contributed by atoms with Crippen molar-refractivity contribution in [2.24, 2.45) is 17.8 Å². The number of para-hydroxylation sites is 1. The lowest BCUT2D eigenvalue weighted by atomic mass is 9.85. The van der Waals surface area contributed by atoms with Crippen LogP contribution in [0, 0.1) is 24.7 Å². The van der Waals surface area contributed by atoms with E-state index in [0.29, 0.717) is 18.5 Å². The van der Waals surface area contributed by atoms with Crippen molar-refractivity contribution in [3.05, 3.63) is 66.2 Å². The highest BCUT2D eigenvalue weighted by Crippen LogP contribution is 2.38. The molecule has 2 aromatic rings. The van der Waals surface area contributed by atoms with Gasteiger partial charge in [0.05, 0.1) is 23.4 Å². The number of amides is 3. The van der Waals surface area contributed by atoms with Crippen molar-refractivity contribution in [3.8, 4) is 5.75 Å². The Morgan fingerprint density at radius 2 is 1.64 bits per heavy atom. The molecule has 3 atom stereocenters. The van der Waals surface area contributed by atoms with Crippen LogP contribution >= 0.6 is 0 Å². The fraction of sp³-hybridized carbons (Fsp3) is 0.308. The molecule has 7 nitrogen and oxygen atoms in total. The highest BCUT2D eigenvalue weighted by Gasteiger charge is 2.48. The van der Waals surface area contributed by atoms with Gasteiger partial charge in [-0.15, -0.1) is 0 Å². The number of anilines is 2. The van der Waals surface area contributed by atoms with Crippen LogP contribution in [0.5, 0.6) is 5.75 Å². The molecule has 0 aromatic heterocycles. The Balaban J connectivity index is 1.30. The summed E-state index contributed by atoms with van der Waals surface area (Å²) in [5, 5.41) is 0. The fourth-order valence-electron chi connectivity index (χ4n) is 4.90. The van der Waals surface area contributed by atoms with E-state index in [1.165, 1.54) is 11.0 Å². The molecule has 2 aromatic carbocycles. The summed E-state index contributed by atoms with van der Waals surface area (Å²) < 4.78 is 5.57. The Kier molecular flexibility index (Phi) is 5.32. The number of carbonyl (C=O) groups is 4. The van der Waals surface area contributed by atoms with Crippen molar-refractivity contribution < 1.29 is 23.9 Å². The molecule has 1 aliphatic carbocycles. The van der Waals surface area contributed by atoms with Crippen molar-refractivity contribution in [2.45, 2.75) is 26.2 Å². The predicted molar refractivity (Wildman–Crippen MR) is 122 cm³/mol. The van der Waals surface area contributed by atoms with Crippen LogP contribution in [0.1, 0.15) is 24.8 Å². The molecule has 2 saturated heterocycles. The smallest absolute Gasteiger partial charge is 0.316 e. The van der Waals surface area contributed by atoms with E-state index in [4.69, 9.17) is 4.74 Å². The summed E-state index contributed by atoms with van der Waals surface area (Å²) in [5.74, 6) is -2.06. The Hall–Kier alpha value is -3.74. The summed E-state index contributed by atoms with van der Waals surface area (Å²) >= 11 is 0. The van der Waals surface area contributed by atoms with Crippen LogP contribution < -0.4 is 14.5 Å². The largest absolute Gasteiger partial charge is 0.426 e. The number of nitrogens with zero attached hydrogens (tertiary/aromatic N) is 2. The highest BCUT2D eigenvalue weighted by atomic mass is 16.5. The predicted octanol–water partition coefficient (Wildman–Crippen LogP) is 3.41. The summed E-state index contributed by atoms with van der Waals surface area (Å²) in [6, 6.07) is 14.0. The molecule has 2 heterocycles. The van der Waals surface area contributed by atoms with E-state index in [1.54, 1.807) is 23.1 Å². The van der Waals surface area contributed by atoms with E-state index in [2.05, 4.69) is 0 Å². The molecule has 168 valence electrons. The van der Waals surface area contributed by atoms with Crippen molar-refractivity contribution in [3.63, 3.8) is 0 Å². The second-order valence-corrected chi connectivity index (χ2v) is 8.78. The van der Waals surface area contributed by atoms with Crippen molar-refractivity contribution >= 4 is 35.1 Å². The first kappa shape index (κ1) is 21.1. The zero-order valence-electron chi connectivity index (χ0n) is 18.3. The van der Waals surface area contributed by atoms with E-state index in [1.807, 2.05) is 43.3 Å². The molecule has 2 fully saturated rings. The molecular weight excluding hydrogens is 420 g/mol. The topological polar surface area (TPSA) is 84.0 Å². The third-order valence-electron chi connectivity index (χ3n) is 6.67. The number of ether oxygens (including phenoxy) is 1. The molecule has 0 saturated carbocycles. The molecule has 5 rings (SSSR count). The normalized spacial score (nSPS) is 24.4. The number of esters is 1. The average Bonchev–Trinajstić information content (AvgIpc) is 3.32. The van der Waals surface area contributed by atoms with Gasteiger partial charge in [-0.1, -0.05) is 36.4 Å². The molecule has 0 spiro atoms. The van der Waals surface area contributed by atoms with Gasteiger partial charge < -0.3 is 9.64 Å². The van der Waals surface area contributed by atoms with Crippen LogP contribution in [0.25, 0.3) is 0 Å². The van der Waals surface area contributed by atoms with Crippen molar-refractivity contribution in [2.75, 3.05) is 16.3 Å². The summed E-state index contributed by atoms with van der Waals surface area (Å²) in [6.45, 7) is 2.18. The van der Waals surface area contributed by atoms with Crippen LogP contribution in [0.15, 0.2) is 60.7 Å². The van der Waals surface area contributed by atoms with Gasteiger partial charge in [0.25, 0.3) is 0 Å². The number of carbonyl (C=O) groups excluding carboxylic acids is 4. The summed E-state index contributed by atoms with van der Waals surface area (Å²) in [7, 11) is 0. The first-order valence-corrected chi connectivity index (χ1v) is 11.1. The highest BCUT2D eigenvalue weighted by molar-refractivity contribution is 6.22. The van der Waals surface area contributed by atoms with Gasteiger partial charge in [-0.05, 0) is 43.5 Å². The lowest BCUT2D eigenvalue weighted by molar-refractivity contribution is -0.139. The molecule has 3 aliphatic rings. The number of rotatable bonds is 4. The van der Waals surface area contributed by atoms with Gasteiger partial charge in [0.1, 0.15) is 5.75 Å². The van der Waals surface area contributed by atoms with Crippen molar-refractivity contribution in [1.82, 2.24) is 0 Å². The summed E-state index contributed by atoms with van der Waals surface area (Å²) in [5.41, 5.74) is 2.15. The van der Waals surface area contributed by atoms with Gasteiger partial charge in [-0.25, -0.2) is 4.90 Å². The first-order chi connectivity index (χ1) is 15.9. The van der Waals surface area contributed by atoms with Crippen LogP contribution in [-0.2, 0) is 19.2 Å². The maximum atomic E-state index is 12.8. The number of hydrogen-bond donors (Lipinski definition) is 0. The quantitative estimate of drug-likeness (QED) is 0.312. The zero-order valence-corrected chi connectivity index (χ0v) is 18.3. The molecule has 33 heavy (non-hydrogen) atoms. The van der Waals surface area contributed by atoms with E-state index in [0.717, 1.165) is 11.3 Å². The minimum absolute atomic E-state index is 0.0757. The molecule has 0 unspecified atom stereocenters. The molecule has 2 aliphatic heterocycles. The maximum absolute atomic E-state index is 12.8. The second kappa shape index (κ2) is 8.31. The minimum atomic E-state index is -0.593. The van der Waals surface area contributed by atoms with Gasteiger partial charge in [0, 0.05) is 24.7 Å². The molecule has 0 radical (unpaired) electrons. The molecule has 3 amide bonds. The number of fused-ring (bicyclic) bond motifs is 1. The van der Waals surface area contributed by atoms with Gasteiger partial charge in [0.15, 0.2) is 0 Å². The van der Waals surface area contributed by atoms with Gasteiger partial charge >= 0.3 is 5.97 Å². The number of hydrogen-bond acceptors (Lipinski definition) is 5. The standard InChI is InChI=1S/C26H24N2O5/c1-16-7-2-5-12-22(16)27-15-17(13-23(27)29)26(32)33-19-9-6-8-18(14-19)28-24(30)20-10-3-4-11-21(20)25(28)31/h2-9,12,14,17,20-21H,10-11,13,15H2,1H3/t17-,20-,21-/m1/s1. The fourth-order valence-corrected chi connectivity index (χ4v) is 4.90. The lowest BCUT2D eigenvalue weighted by Gasteiger charge is -2.19. The Morgan fingerprint density at radius 3 is 2.33 bits per heavy atom. The van der Waals surface area contributed by atoms with Crippen LogP contribution in [0.3, 0.4) is 0 Å². The van der Waals surface area contributed by atoms with E-state index in [-0.39, 0.29) is 48.3 Å². The van der Waals surface area contributed by atoms with Crippen LogP contribution in [-0.4, -0.2) is 30.2 Å². The summed E-state index contributed by atoms with van der Waals surface area (Å²) in [6.07, 6.45) is 5.08. The minimum Gasteiger partial charge on any atom is -0.426 e. The first-order valence-electron chi connectivity index (χ1n) is 11.1. The van der Waals surface area contributed by atoms with E-state index < -0.39 is 11.9 Å². The molecule has 0 N–H and O–H groups in total. The third kappa shape index (κ3) is 3.73. The monoisotopic (exact) mass is 444 g/mol. The number of benzene rings is 2. The molecule has 0 bridgehead atoms. The SMILES string of the molecule is Cc1ccccc1N1C[C@H](C(=O)Oc2cccc(N3C(=O)[C@@H]4CC=CC[C@H]4C3=O)c2)CC1=O.